The average molecular weight is 244 g/mol. The Hall–Kier alpha value is -1.19. The lowest BCUT2D eigenvalue weighted by Gasteiger charge is -2.20. The highest BCUT2D eigenvalue weighted by molar-refractivity contribution is 7.07. The first kappa shape index (κ1) is 10.9. The van der Waals surface area contributed by atoms with Crippen molar-refractivity contribution in [2.75, 3.05) is 0 Å². The minimum absolute atomic E-state index is 0.775. The van der Waals surface area contributed by atoms with E-state index in [9.17, 15) is 0 Å². The smallest absolute Gasteiger partial charge is 0.0544 e. The minimum atomic E-state index is 0.775. The SMILES string of the molecule is c1ccc(CN(Cc2ccsc2)C2CC2)nc1. The summed E-state index contributed by atoms with van der Waals surface area (Å²) >= 11 is 1.78. The molecule has 1 aliphatic carbocycles. The third-order valence-electron chi connectivity index (χ3n) is 3.12. The van der Waals surface area contributed by atoms with Crippen LogP contribution in [0.15, 0.2) is 41.2 Å². The van der Waals surface area contributed by atoms with Gasteiger partial charge in [0.1, 0.15) is 0 Å². The Morgan fingerprint density at radius 2 is 2.18 bits per heavy atom. The molecular formula is C14H16N2S. The molecule has 0 aliphatic heterocycles. The Bertz CT molecular complexity index is 448. The van der Waals surface area contributed by atoms with Gasteiger partial charge in [0, 0.05) is 25.3 Å². The van der Waals surface area contributed by atoms with E-state index in [0.717, 1.165) is 19.1 Å². The molecule has 1 aliphatic rings. The zero-order chi connectivity index (χ0) is 11.5. The molecule has 1 saturated carbocycles. The van der Waals surface area contributed by atoms with Crippen molar-refractivity contribution in [3.05, 3.63) is 52.5 Å². The van der Waals surface area contributed by atoms with Gasteiger partial charge in [-0.3, -0.25) is 9.88 Å². The van der Waals surface area contributed by atoms with E-state index in [1.807, 2.05) is 12.3 Å². The van der Waals surface area contributed by atoms with Gasteiger partial charge in [-0.05, 0) is 47.4 Å². The molecule has 17 heavy (non-hydrogen) atoms. The molecule has 0 saturated heterocycles. The van der Waals surface area contributed by atoms with E-state index >= 15 is 0 Å². The fraction of sp³-hybridized carbons (Fsp3) is 0.357. The second kappa shape index (κ2) is 4.98. The topological polar surface area (TPSA) is 16.1 Å². The van der Waals surface area contributed by atoms with Crippen LogP contribution in [0.5, 0.6) is 0 Å². The second-order valence-corrected chi connectivity index (χ2v) is 5.37. The van der Waals surface area contributed by atoms with E-state index in [4.69, 9.17) is 0 Å². The Morgan fingerprint density at radius 3 is 2.82 bits per heavy atom. The fourth-order valence-corrected chi connectivity index (χ4v) is 2.73. The van der Waals surface area contributed by atoms with Crippen LogP contribution in [0.2, 0.25) is 0 Å². The molecule has 0 amide bonds. The van der Waals surface area contributed by atoms with Crippen molar-refractivity contribution in [3.63, 3.8) is 0 Å². The molecule has 0 spiro atoms. The first-order valence-corrected chi connectivity index (χ1v) is 7.01. The van der Waals surface area contributed by atoms with Crippen LogP contribution in [0, 0.1) is 0 Å². The van der Waals surface area contributed by atoms with E-state index in [2.05, 4.69) is 38.8 Å². The predicted octanol–water partition coefficient (Wildman–Crippen LogP) is 3.31. The van der Waals surface area contributed by atoms with Crippen molar-refractivity contribution in [2.45, 2.75) is 32.0 Å². The summed E-state index contributed by atoms with van der Waals surface area (Å²) in [4.78, 5) is 6.96. The lowest BCUT2D eigenvalue weighted by molar-refractivity contribution is 0.243. The van der Waals surface area contributed by atoms with Crippen LogP contribution in [0.3, 0.4) is 0 Å². The van der Waals surface area contributed by atoms with E-state index in [1.165, 1.54) is 24.1 Å². The lowest BCUT2D eigenvalue weighted by atomic mass is 10.2. The van der Waals surface area contributed by atoms with Gasteiger partial charge in [-0.15, -0.1) is 0 Å². The number of nitrogens with zero attached hydrogens (tertiary/aromatic N) is 2. The Kier molecular flexibility index (Phi) is 3.20. The molecule has 0 bridgehead atoms. The molecule has 0 atom stereocenters. The van der Waals surface area contributed by atoms with Gasteiger partial charge < -0.3 is 0 Å². The molecule has 88 valence electrons. The molecule has 2 heterocycles. The predicted molar refractivity (Wildman–Crippen MR) is 70.8 cm³/mol. The van der Waals surface area contributed by atoms with Crippen molar-refractivity contribution < 1.29 is 0 Å². The van der Waals surface area contributed by atoms with Crippen LogP contribution in [0.25, 0.3) is 0 Å². The maximum Gasteiger partial charge on any atom is 0.0544 e. The van der Waals surface area contributed by atoms with E-state index < -0.39 is 0 Å². The maximum atomic E-state index is 4.42. The molecule has 3 rings (SSSR count). The number of hydrogen-bond donors (Lipinski definition) is 0. The summed E-state index contributed by atoms with van der Waals surface area (Å²) in [5.74, 6) is 0. The number of hydrogen-bond acceptors (Lipinski definition) is 3. The Morgan fingerprint density at radius 1 is 1.24 bits per heavy atom. The fourth-order valence-electron chi connectivity index (χ4n) is 2.07. The van der Waals surface area contributed by atoms with E-state index in [0.29, 0.717) is 0 Å². The third-order valence-corrected chi connectivity index (χ3v) is 3.85. The Balaban J connectivity index is 1.68. The maximum absolute atomic E-state index is 4.42. The minimum Gasteiger partial charge on any atom is -0.290 e. The molecule has 0 aromatic carbocycles. The zero-order valence-electron chi connectivity index (χ0n) is 9.75. The lowest BCUT2D eigenvalue weighted by Crippen LogP contribution is -2.25. The summed E-state index contributed by atoms with van der Waals surface area (Å²) in [6, 6.07) is 9.15. The largest absolute Gasteiger partial charge is 0.290 e. The molecule has 1 fully saturated rings. The molecule has 0 unspecified atom stereocenters. The molecule has 2 aromatic rings. The number of rotatable bonds is 5. The monoisotopic (exact) mass is 244 g/mol. The number of thiophene rings is 1. The average Bonchev–Trinajstić information content (AvgIpc) is 3.09. The molecular weight excluding hydrogens is 228 g/mol. The summed E-state index contributed by atoms with van der Waals surface area (Å²) in [7, 11) is 0. The summed E-state index contributed by atoms with van der Waals surface area (Å²) in [6.45, 7) is 2.03. The van der Waals surface area contributed by atoms with Crippen molar-refractivity contribution in [3.8, 4) is 0 Å². The molecule has 2 aromatic heterocycles. The van der Waals surface area contributed by atoms with Crippen LogP contribution < -0.4 is 0 Å². The van der Waals surface area contributed by atoms with Gasteiger partial charge in [0.15, 0.2) is 0 Å². The van der Waals surface area contributed by atoms with Gasteiger partial charge >= 0.3 is 0 Å². The summed E-state index contributed by atoms with van der Waals surface area (Å²) in [6.07, 6.45) is 4.57. The Labute approximate surface area is 106 Å². The zero-order valence-corrected chi connectivity index (χ0v) is 10.6. The number of aromatic nitrogens is 1. The summed E-state index contributed by atoms with van der Waals surface area (Å²) < 4.78 is 0. The van der Waals surface area contributed by atoms with Gasteiger partial charge in [0.25, 0.3) is 0 Å². The van der Waals surface area contributed by atoms with Gasteiger partial charge in [-0.1, -0.05) is 6.07 Å². The van der Waals surface area contributed by atoms with Crippen molar-refractivity contribution in [2.24, 2.45) is 0 Å². The van der Waals surface area contributed by atoms with Crippen LogP contribution in [-0.4, -0.2) is 15.9 Å². The molecule has 3 heteroatoms. The van der Waals surface area contributed by atoms with Crippen molar-refractivity contribution in [1.29, 1.82) is 0 Å². The van der Waals surface area contributed by atoms with Crippen molar-refractivity contribution in [1.82, 2.24) is 9.88 Å². The normalized spacial score (nSPS) is 15.4. The standard InChI is InChI=1S/C14H16N2S/c1-2-7-15-13(3-1)10-16(14-4-5-14)9-12-6-8-17-11-12/h1-3,6-8,11,14H,4-5,9-10H2. The van der Waals surface area contributed by atoms with Crippen LogP contribution >= 0.6 is 11.3 Å². The molecule has 0 N–H and O–H groups in total. The van der Waals surface area contributed by atoms with Gasteiger partial charge in [0.05, 0.1) is 5.69 Å². The highest BCUT2D eigenvalue weighted by Crippen LogP contribution is 2.29. The van der Waals surface area contributed by atoms with Crippen LogP contribution in [0.4, 0.5) is 0 Å². The molecule has 0 radical (unpaired) electrons. The summed E-state index contributed by atoms with van der Waals surface area (Å²) in [5.41, 5.74) is 2.60. The quantitative estimate of drug-likeness (QED) is 0.802. The van der Waals surface area contributed by atoms with Crippen LogP contribution in [0.1, 0.15) is 24.1 Å². The first-order chi connectivity index (χ1) is 8.42. The summed E-state index contributed by atoms with van der Waals surface area (Å²) in [5, 5.41) is 4.40. The highest BCUT2D eigenvalue weighted by atomic mass is 32.1. The van der Waals surface area contributed by atoms with Gasteiger partial charge in [-0.25, -0.2) is 0 Å². The highest BCUT2D eigenvalue weighted by Gasteiger charge is 2.29. The second-order valence-electron chi connectivity index (χ2n) is 4.59. The first-order valence-electron chi connectivity index (χ1n) is 6.07. The van der Waals surface area contributed by atoms with Crippen LogP contribution in [-0.2, 0) is 13.1 Å². The van der Waals surface area contributed by atoms with Gasteiger partial charge in [-0.2, -0.15) is 11.3 Å². The third kappa shape index (κ3) is 2.93. The molecule has 2 nitrogen and oxygen atoms in total. The van der Waals surface area contributed by atoms with Gasteiger partial charge in [0.2, 0.25) is 0 Å². The number of pyridine rings is 1. The van der Waals surface area contributed by atoms with E-state index in [-0.39, 0.29) is 0 Å². The van der Waals surface area contributed by atoms with Crippen molar-refractivity contribution >= 4 is 11.3 Å². The van der Waals surface area contributed by atoms with E-state index in [1.54, 1.807) is 11.3 Å².